The van der Waals surface area contributed by atoms with Crippen LogP contribution in [-0.2, 0) is 4.79 Å². The van der Waals surface area contributed by atoms with E-state index >= 15 is 0 Å². The largest absolute Gasteiger partial charge is 0.350 e. The van der Waals surface area contributed by atoms with E-state index in [4.69, 9.17) is 0 Å². The van der Waals surface area contributed by atoms with Gasteiger partial charge in [-0.25, -0.2) is 4.79 Å². The summed E-state index contributed by atoms with van der Waals surface area (Å²) >= 11 is 1.20. The van der Waals surface area contributed by atoms with Gasteiger partial charge in [0.2, 0.25) is 11.0 Å². The van der Waals surface area contributed by atoms with Crippen molar-refractivity contribution in [3.8, 4) is 0 Å². The van der Waals surface area contributed by atoms with Gasteiger partial charge in [0.25, 0.3) is 0 Å². The Morgan fingerprint density at radius 3 is 2.56 bits per heavy atom. The Kier molecular flexibility index (Phi) is 4.60. The summed E-state index contributed by atoms with van der Waals surface area (Å²) in [4.78, 5) is 23.2. The standard InChI is InChI=1S/C10H17N5O2S/c1-6(7(16)14-10(2,3)4)12-8(17)13-9-15-11-5-18-9/h5-6H,1-4H3,(H,14,16)(H2,12,13,15,17). The molecule has 0 saturated heterocycles. The molecule has 0 radical (unpaired) electrons. The number of rotatable bonds is 3. The van der Waals surface area contributed by atoms with Gasteiger partial charge in [-0.15, -0.1) is 10.2 Å². The summed E-state index contributed by atoms with van der Waals surface area (Å²) < 4.78 is 0. The normalized spacial score (nSPS) is 12.7. The van der Waals surface area contributed by atoms with Gasteiger partial charge in [-0.1, -0.05) is 11.3 Å². The minimum Gasteiger partial charge on any atom is -0.350 e. The van der Waals surface area contributed by atoms with Crippen LogP contribution in [0.4, 0.5) is 9.93 Å². The molecule has 0 saturated carbocycles. The predicted molar refractivity (Wildman–Crippen MR) is 69.4 cm³/mol. The van der Waals surface area contributed by atoms with Gasteiger partial charge in [-0.2, -0.15) is 0 Å². The zero-order valence-electron chi connectivity index (χ0n) is 10.8. The maximum atomic E-state index is 11.7. The highest BCUT2D eigenvalue weighted by molar-refractivity contribution is 7.13. The maximum absolute atomic E-state index is 11.7. The highest BCUT2D eigenvalue weighted by atomic mass is 32.1. The predicted octanol–water partition coefficient (Wildman–Crippen LogP) is 0.963. The molecule has 1 heterocycles. The van der Waals surface area contributed by atoms with E-state index in [1.165, 1.54) is 16.8 Å². The highest BCUT2D eigenvalue weighted by Gasteiger charge is 2.20. The van der Waals surface area contributed by atoms with E-state index in [9.17, 15) is 9.59 Å². The summed E-state index contributed by atoms with van der Waals surface area (Å²) in [5.41, 5.74) is 1.17. The van der Waals surface area contributed by atoms with E-state index in [0.717, 1.165) is 0 Å². The molecule has 18 heavy (non-hydrogen) atoms. The molecule has 1 aromatic rings. The van der Waals surface area contributed by atoms with Crippen LogP contribution < -0.4 is 16.0 Å². The first-order valence-electron chi connectivity index (χ1n) is 5.43. The molecule has 0 spiro atoms. The van der Waals surface area contributed by atoms with Crippen LogP contribution in [0.3, 0.4) is 0 Å². The molecule has 0 aliphatic heterocycles. The molecule has 0 aliphatic rings. The van der Waals surface area contributed by atoms with E-state index in [-0.39, 0.29) is 11.4 Å². The first-order chi connectivity index (χ1) is 8.28. The number of urea groups is 1. The molecule has 1 unspecified atom stereocenters. The van der Waals surface area contributed by atoms with Gasteiger partial charge >= 0.3 is 6.03 Å². The Morgan fingerprint density at radius 1 is 1.39 bits per heavy atom. The molecule has 0 bridgehead atoms. The van der Waals surface area contributed by atoms with Crippen molar-refractivity contribution in [1.82, 2.24) is 20.8 Å². The molecular formula is C10H17N5O2S. The minimum absolute atomic E-state index is 0.241. The van der Waals surface area contributed by atoms with Crippen LogP contribution in [0.25, 0.3) is 0 Å². The quantitative estimate of drug-likeness (QED) is 0.763. The van der Waals surface area contributed by atoms with E-state index < -0.39 is 12.1 Å². The number of anilines is 1. The first-order valence-corrected chi connectivity index (χ1v) is 6.31. The lowest BCUT2D eigenvalue weighted by Gasteiger charge is -2.23. The van der Waals surface area contributed by atoms with Crippen LogP contribution in [0, 0.1) is 0 Å². The first kappa shape index (κ1) is 14.4. The van der Waals surface area contributed by atoms with Crippen molar-refractivity contribution in [1.29, 1.82) is 0 Å². The third-order valence-electron chi connectivity index (χ3n) is 1.82. The van der Waals surface area contributed by atoms with Crippen molar-refractivity contribution >= 4 is 28.4 Å². The van der Waals surface area contributed by atoms with Gasteiger partial charge in [0, 0.05) is 5.54 Å². The SMILES string of the molecule is CC(NC(=O)Nc1nncs1)C(=O)NC(C)(C)C. The van der Waals surface area contributed by atoms with Crippen LogP contribution >= 0.6 is 11.3 Å². The van der Waals surface area contributed by atoms with E-state index in [2.05, 4.69) is 26.1 Å². The minimum atomic E-state index is -0.628. The third-order valence-corrected chi connectivity index (χ3v) is 2.43. The maximum Gasteiger partial charge on any atom is 0.321 e. The molecule has 1 rings (SSSR count). The van der Waals surface area contributed by atoms with Gasteiger partial charge < -0.3 is 10.6 Å². The second-order valence-electron chi connectivity index (χ2n) is 4.80. The van der Waals surface area contributed by atoms with Gasteiger partial charge in [-0.3, -0.25) is 10.1 Å². The Hall–Kier alpha value is -1.70. The number of hydrogen-bond donors (Lipinski definition) is 3. The lowest BCUT2D eigenvalue weighted by Crippen LogP contribution is -2.51. The lowest BCUT2D eigenvalue weighted by atomic mass is 10.1. The Morgan fingerprint density at radius 2 is 2.06 bits per heavy atom. The molecule has 0 fully saturated rings. The summed E-state index contributed by atoms with van der Waals surface area (Å²) in [6.45, 7) is 7.23. The molecule has 100 valence electrons. The van der Waals surface area contributed by atoms with Crippen LogP contribution in [0.1, 0.15) is 27.7 Å². The Bertz CT molecular complexity index is 412. The van der Waals surface area contributed by atoms with Gasteiger partial charge in [0.05, 0.1) is 0 Å². The monoisotopic (exact) mass is 271 g/mol. The number of hydrogen-bond acceptors (Lipinski definition) is 5. The molecule has 7 nitrogen and oxygen atoms in total. The number of aromatic nitrogens is 2. The van der Waals surface area contributed by atoms with Crippen molar-refractivity contribution in [2.45, 2.75) is 39.3 Å². The van der Waals surface area contributed by atoms with Crippen molar-refractivity contribution in [3.05, 3.63) is 5.51 Å². The molecule has 1 aromatic heterocycles. The molecule has 3 amide bonds. The summed E-state index contributed by atoms with van der Waals surface area (Å²) in [7, 11) is 0. The number of carbonyl (C=O) groups is 2. The second kappa shape index (κ2) is 5.76. The number of amides is 3. The molecule has 1 atom stereocenters. The summed E-state index contributed by atoms with van der Waals surface area (Å²) in [5, 5.41) is 15.4. The Balaban J connectivity index is 2.42. The van der Waals surface area contributed by atoms with Crippen LogP contribution in [0.5, 0.6) is 0 Å². The summed E-state index contributed by atoms with van der Waals surface area (Å²) in [5.74, 6) is -0.241. The molecule has 0 aromatic carbocycles. The van der Waals surface area contributed by atoms with Gasteiger partial charge in [-0.05, 0) is 27.7 Å². The summed E-state index contributed by atoms with van der Waals surface area (Å²) in [6.07, 6.45) is 0. The second-order valence-corrected chi connectivity index (χ2v) is 5.64. The number of nitrogens with zero attached hydrogens (tertiary/aromatic N) is 2. The van der Waals surface area contributed by atoms with Crippen LogP contribution in [0.15, 0.2) is 5.51 Å². The fraction of sp³-hybridized carbons (Fsp3) is 0.600. The average molecular weight is 271 g/mol. The molecule has 3 N–H and O–H groups in total. The number of nitrogens with one attached hydrogen (secondary N) is 3. The fourth-order valence-electron chi connectivity index (χ4n) is 1.10. The Labute approximate surface area is 109 Å². The van der Waals surface area contributed by atoms with Crippen LogP contribution in [0.2, 0.25) is 0 Å². The molecule has 8 heteroatoms. The zero-order chi connectivity index (χ0) is 13.8. The fourth-order valence-corrected chi connectivity index (χ4v) is 1.54. The summed E-state index contributed by atoms with van der Waals surface area (Å²) in [6, 6.07) is -1.11. The van der Waals surface area contributed by atoms with Gasteiger partial charge in [0.1, 0.15) is 11.6 Å². The number of carbonyl (C=O) groups excluding carboxylic acids is 2. The lowest BCUT2D eigenvalue weighted by molar-refractivity contribution is -0.123. The van der Waals surface area contributed by atoms with E-state index in [1.54, 1.807) is 6.92 Å². The molecule has 0 aliphatic carbocycles. The topological polar surface area (TPSA) is 96.0 Å². The van der Waals surface area contributed by atoms with Crippen LogP contribution in [-0.4, -0.2) is 33.7 Å². The van der Waals surface area contributed by atoms with Crippen molar-refractivity contribution in [3.63, 3.8) is 0 Å². The van der Waals surface area contributed by atoms with Crippen molar-refractivity contribution in [2.24, 2.45) is 0 Å². The van der Waals surface area contributed by atoms with Crippen molar-refractivity contribution < 1.29 is 9.59 Å². The highest BCUT2D eigenvalue weighted by Crippen LogP contribution is 2.07. The van der Waals surface area contributed by atoms with Crippen molar-refractivity contribution in [2.75, 3.05) is 5.32 Å². The average Bonchev–Trinajstić information content (AvgIpc) is 2.67. The smallest absolute Gasteiger partial charge is 0.321 e. The van der Waals surface area contributed by atoms with Gasteiger partial charge in [0.15, 0.2) is 0 Å². The van der Waals surface area contributed by atoms with E-state index in [1.807, 2.05) is 20.8 Å². The zero-order valence-corrected chi connectivity index (χ0v) is 11.6. The third kappa shape index (κ3) is 5.09. The molecular weight excluding hydrogens is 254 g/mol. The van der Waals surface area contributed by atoms with E-state index in [0.29, 0.717) is 5.13 Å².